The molecule has 0 spiro atoms. The van der Waals surface area contributed by atoms with Crippen molar-refractivity contribution < 1.29 is 19.7 Å². The number of rotatable bonds is 1. The van der Waals surface area contributed by atoms with E-state index in [-0.39, 0.29) is 11.5 Å². The predicted molar refractivity (Wildman–Crippen MR) is 134 cm³/mol. The molecule has 2 N–H and O–H groups in total. The SMILES string of the molecule is C[C@]12CC[C@@H]3c4ccc(O)cc4CC[C@H]3[C@@H]1CC[C@@]2(O)C#CC(=O)OC1CC#C/C=C\C#CCC1. The van der Waals surface area contributed by atoms with E-state index < -0.39 is 11.6 Å². The first-order valence-electron chi connectivity index (χ1n) is 12.8. The van der Waals surface area contributed by atoms with Gasteiger partial charge in [0.05, 0.1) is 0 Å². The number of fused-ring (bicyclic) bond motifs is 5. The Morgan fingerprint density at radius 3 is 2.80 bits per heavy atom. The fourth-order valence-corrected chi connectivity index (χ4v) is 7.01. The highest BCUT2D eigenvalue weighted by Gasteiger charge is 2.61. The van der Waals surface area contributed by atoms with Crippen molar-refractivity contribution >= 4 is 5.97 Å². The standard InChI is InChI=1S/C31H32O4/c1-30-18-15-26-25-14-12-23(32)21-22(25)11-13-27(26)28(30)16-19-31(30,34)20-17-29(33)35-24-9-7-5-3-2-4-6-8-10-24/h2-3,12,14,21,24,26-28,32,34H,8-11,13,15-16,18-19H2,1H3/b3-2-/t24?,26-,27-,28+,30+,31-/m1/s1. The molecule has 35 heavy (non-hydrogen) atoms. The van der Waals surface area contributed by atoms with Gasteiger partial charge in [-0.15, -0.1) is 0 Å². The molecule has 4 heteroatoms. The van der Waals surface area contributed by atoms with Gasteiger partial charge in [0, 0.05) is 24.2 Å². The maximum absolute atomic E-state index is 12.6. The molecule has 2 saturated carbocycles. The molecule has 5 rings (SSSR count). The minimum atomic E-state index is -1.19. The summed E-state index contributed by atoms with van der Waals surface area (Å²) in [5, 5.41) is 21.6. The number of aliphatic hydroxyl groups is 1. The largest absolute Gasteiger partial charge is 0.508 e. The van der Waals surface area contributed by atoms with Crippen LogP contribution in [0.2, 0.25) is 0 Å². The Morgan fingerprint density at radius 1 is 1.11 bits per heavy atom. The Bertz CT molecular complexity index is 1230. The van der Waals surface area contributed by atoms with E-state index in [4.69, 9.17) is 4.74 Å². The Kier molecular flexibility index (Phi) is 6.40. The molecule has 0 heterocycles. The lowest BCUT2D eigenvalue weighted by Gasteiger charge is -2.52. The smallest absolute Gasteiger partial charge is 0.384 e. The Hall–Kier alpha value is -3.13. The van der Waals surface area contributed by atoms with Gasteiger partial charge in [0.15, 0.2) is 0 Å². The maximum Gasteiger partial charge on any atom is 0.384 e. The zero-order chi connectivity index (χ0) is 24.5. The van der Waals surface area contributed by atoms with E-state index in [0.29, 0.717) is 49.2 Å². The number of hydrogen-bond donors (Lipinski definition) is 2. The number of esters is 1. The van der Waals surface area contributed by atoms with Crippen LogP contribution in [0, 0.1) is 52.8 Å². The zero-order valence-corrected chi connectivity index (χ0v) is 20.3. The molecule has 0 amide bonds. The van der Waals surface area contributed by atoms with Crippen LogP contribution >= 0.6 is 0 Å². The lowest BCUT2D eigenvalue weighted by atomic mass is 9.53. The minimum Gasteiger partial charge on any atom is -0.508 e. The van der Waals surface area contributed by atoms with Crippen molar-refractivity contribution in [3.8, 4) is 41.3 Å². The first-order valence-corrected chi connectivity index (χ1v) is 12.8. The van der Waals surface area contributed by atoms with Crippen LogP contribution in [-0.2, 0) is 16.0 Å². The van der Waals surface area contributed by atoms with Crippen molar-refractivity contribution in [2.45, 2.75) is 82.3 Å². The highest BCUT2D eigenvalue weighted by Crippen LogP contribution is 2.64. The van der Waals surface area contributed by atoms with E-state index in [1.807, 2.05) is 6.07 Å². The number of hydrogen-bond acceptors (Lipinski definition) is 4. The van der Waals surface area contributed by atoms with E-state index in [1.165, 1.54) is 11.1 Å². The van der Waals surface area contributed by atoms with Crippen molar-refractivity contribution in [1.29, 1.82) is 0 Å². The predicted octanol–water partition coefficient (Wildman–Crippen LogP) is 4.64. The van der Waals surface area contributed by atoms with E-state index in [0.717, 1.165) is 32.1 Å². The molecule has 1 unspecified atom stereocenters. The Morgan fingerprint density at radius 2 is 1.94 bits per heavy atom. The van der Waals surface area contributed by atoms with Crippen LogP contribution in [0.1, 0.15) is 75.3 Å². The van der Waals surface area contributed by atoms with Crippen molar-refractivity contribution in [3.63, 3.8) is 0 Å². The molecule has 0 saturated heterocycles. The molecular formula is C31H32O4. The van der Waals surface area contributed by atoms with Gasteiger partial charge in [-0.05, 0) is 98.1 Å². The molecule has 0 bridgehead atoms. The maximum atomic E-state index is 12.6. The summed E-state index contributed by atoms with van der Waals surface area (Å²) in [5.74, 6) is 18.5. The summed E-state index contributed by atoms with van der Waals surface area (Å²) in [5.41, 5.74) is 1.08. The molecule has 0 aromatic heterocycles. The third-order valence-electron chi connectivity index (χ3n) is 8.88. The first kappa shape index (κ1) is 23.6. The summed E-state index contributed by atoms with van der Waals surface area (Å²) in [6.07, 6.45) is 10.2. The molecule has 180 valence electrons. The molecule has 4 aliphatic carbocycles. The topological polar surface area (TPSA) is 66.8 Å². The van der Waals surface area contributed by atoms with E-state index in [9.17, 15) is 15.0 Å². The second-order valence-corrected chi connectivity index (χ2v) is 10.6. The normalized spacial score (nSPS) is 35.7. The molecule has 1 aromatic carbocycles. The van der Waals surface area contributed by atoms with Gasteiger partial charge in [-0.2, -0.15) is 0 Å². The van der Waals surface area contributed by atoms with Gasteiger partial charge in [0.1, 0.15) is 17.5 Å². The van der Waals surface area contributed by atoms with Gasteiger partial charge >= 0.3 is 5.97 Å². The van der Waals surface area contributed by atoms with Gasteiger partial charge in [0.2, 0.25) is 0 Å². The average molecular weight is 469 g/mol. The second-order valence-electron chi connectivity index (χ2n) is 10.6. The molecule has 6 atom stereocenters. The van der Waals surface area contributed by atoms with E-state index >= 15 is 0 Å². The molecule has 4 nitrogen and oxygen atoms in total. The monoisotopic (exact) mass is 468 g/mol. The van der Waals surface area contributed by atoms with Gasteiger partial charge < -0.3 is 14.9 Å². The summed E-state index contributed by atoms with van der Waals surface area (Å²) in [4.78, 5) is 12.6. The number of carbonyl (C=O) groups excluding carboxylic acids is 1. The summed E-state index contributed by atoms with van der Waals surface area (Å²) < 4.78 is 5.59. The number of allylic oxidation sites excluding steroid dienone is 2. The highest BCUT2D eigenvalue weighted by molar-refractivity contribution is 5.88. The van der Waals surface area contributed by atoms with Crippen molar-refractivity contribution in [2.75, 3.05) is 0 Å². The number of aromatic hydroxyl groups is 1. The first-order chi connectivity index (χ1) is 16.9. The lowest BCUT2D eigenvalue weighted by Crippen LogP contribution is -2.50. The molecule has 4 aliphatic rings. The van der Waals surface area contributed by atoms with E-state index in [2.05, 4.69) is 48.5 Å². The summed E-state index contributed by atoms with van der Waals surface area (Å²) >= 11 is 0. The third kappa shape index (κ3) is 4.47. The molecular weight excluding hydrogens is 436 g/mol. The summed E-state index contributed by atoms with van der Waals surface area (Å²) in [6.45, 7) is 2.16. The van der Waals surface area contributed by atoms with Crippen molar-refractivity contribution in [1.82, 2.24) is 0 Å². The number of benzene rings is 1. The average Bonchev–Trinajstić information content (AvgIpc) is 3.12. The highest BCUT2D eigenvalue weighted by atomic mass is 16.5. The quantitative estimate of drug-likeness (QED) is 0.358. The van der Waals surface area contributed by atoms with Crippen LogP contribution in [-0.4, -0.2) is 27.9 Å². The molecule has 2 fully saturated rings. The van der Waals surface area contributed by atoms with Gasteiger partial charge in [-0.3, -0.25) is 0 Å². The number of phenols is 1. The van der Waals surface area contributed by atoms with Crippen LogP contribution in [0.25, 0.3) is 0 Å². The van der Waals surface area contributed by atoms with Gasteiger partial charge in [0.25, 0.3) is 0 Å². The van der Waals surface area contributed by atoms with Crippen LogP contribution < -0.4 is 0 Å². The van der Waals surface area contributed by atoms with Crippen LogP contribution in [0.15, 0.2) is 30.4 Å². The third-order valence-corrected chi connectivity index (χ3v) is 8.88. The number of ether oxygens (including phenoxy) is 1. The van der Waals surface area contributed by atoms with E-state index in [1.54, 1.807) is 18.2 Å². The summed E-state index contributed by atoms with van der Waals surface area (Å²) in [6, 6.07) is 5.80. The Balaban J connectivity index is 1.30. The summed E-state index contributed by atoms with van der Waals surface area (Å²) in [7, 11) is 0. The van der Waals surface area contributed by atoms with Crippen LogP contribution in [0.4, 0.5) is 0 Å². The molecule has 0 aliphatic heterocycles. The van der Waals surface area contributed by atoms with Gasteiger partial charge in [-0.1, -0.05) is 42.6 Å². The van der Waals surface area contributed by atoms with Crippen LogP contribution in [0.5, 0.6) is 5.75 Å². The number of aryl methyl sites for hydroxylation is 1. The number of phenolic OH excluding ortho intramolecular Hbond substituents is 1. The lowest BCUT2D eigenvalue weighted by molar-refractivity contribution is -0.142. The minimum absolute atomic E-state index is 0.336. The zero-order valence-electron chi connectivity index (χ0n) is 20.3. The fraction of sp³-hybridized carbons (Fsp3) is 0.516. The Labute approximate surface area is 208 Å². The molecule has 0 radical (unpaired) electrons. The number of carbonyl (C=O) groups is 1. The fourth-order valence-electron chi connectivity index (χ4n) is 7.01. The van der Waals surface area contributed by atoms with Crippen molar-refractivity contribution in [3.05, 3.63) is 41.5 Å². The van der Waals surface area contributed by atoms with Crippen molar-refractivity contribution in [2.24, 2.45) is 17.3 Å². The van der Waals surface area contributed by atoms with Crippen LogP contribution in [0.3, 0.4) is 0 Å². The van der Waals surface area contributed by atoms with Gasteiger partial charge in [-0.25, -0.2) is 4.79 Å². The second kappa shape index (κ2) is 9.49. The molecule has 1 aromatic rings.